The molecule has 2 N–H and O–H groups in total. The van der Waals surface area contributed by atoms with Crippen molar-refractivity contribution in [2.24, 2.45) is 0 Å². The summed E-state index contributed by atoms with van der Waals surface area (Å²) in [5, 5.41) is 0.261. The van der Waals surface area contributed by atoms with Crippen LogP contribution in [0.1, 0.15) is 35.2 Å². The van der Waals surface area contributed by atoms with Crippen LogP contribution < -0.4 is 15.4 Å². The van der Waals surface area contributed by atoms with Crippen LogP contribution in [-0.2, 0) is 11.8 Å². The minimum Gasteiger partial charge on any atom is -0.495 e. The maximum absolute atomic E-state index is 14.7. The number of anilines is 2. The minimum atomic E-state index is -2.90. The molecule has 0 bridgehead atoms. The summed E-state index contributed by atoms with van der Waals surface area (Å²) in [5.41, 5.74) is 6.77. The van der Waals surface area contributed by atoms with Crippen LogP contribution in [0.25, 0.3) is 5.69 Å². The maximum Gasteiger partial charge on any atom is 0.266 e. The van der Waals surface area contributed by atoms with Gasteiger partial charge in [-0.2, -0.15) is 4.98 Å². The predicted octanol–water partition coefficient (Wildman–Crippen LogP) is 5.45. The third-order valence-corrected chi connectivity index (χ3v) is 7.80. The van der Waals surface area contributed by atoms with Gasteiger partial charge in [0.2, 0.25) is 5.95 Å². The van der Waals surface area contributed by atoms with E-state index >= 15 is 0 Å². The molecule has 1 atom stereocenters. The van der Waals surface area contributed by atoms with E-state index in [-0.39, 0.29) is 48.3 Å². The Labute approximate surface area is 230 Å². The van der Waals surface area contributed by atoms with Crippen LogP contribution >= 0.6 is 11.6 Å². The Morgan fingerprint density at radius 1 is 1.02 bits per heavy atom. The number of nitrogen functional groups attached to an aromatic ring is 1. The van der Waals surface area contributed by atoms with Gasteiger partial charge in [-0.1, -0.05) is 17.7 Å². The minimum absolute atomic E-state index is 0.0542. The Morgan fingerprint density at radius 3 is 2.40 bits per heavy atom. The number of aromatic nitrogens is 4. The van der Waals surface area contributed by atoms with Crippen LogP contribution in [-0.4, -0.2) is 45.6 Å². The standard InChI is InChI=1S/C27H22ClF5N6O/c1-40-20-10-14(2-3-19(20)39-11-21(28)35-13-39)27(15-8-17(29)22(31)18(30)9-15)5-4-16-23(27)36-25(34)37-24(16)38-7-6-26(32,33)12-38/h2-3,8-11,13H,4-7,12H2,1H3,(H2,34,36,37). The highest BCUT2D eigenvalue weighted by atomic mass is 35.5. The number of alkyl halides is 2. The number of ether oxygens (including phenoxy) is 1. The summed E-state index contributed by atoms with van der Waals surface area (Å²) in [7, 11) is 1.46. The van der Waals surface area contributed by atoms with Gasteiger partial charge in [-0.3, -0.25) is 0 Å². The molecular formula is C27H22ClF5N6O. The number of fused-ring (bicyclic) bond motifs is 1. The summed E-state index contributed by atoms with van der Waals surface area (Å²) in [5.74, 6) is -6.81. The third kappa shape index (κ3) is 4.12. The quantitative estimate of drug-likeness (QED) is 0.251. The van der Waals surface area contributed by atoms with Crippen molar-refractivity contribution >= 4 is 23.4 Å². The first kappa shape index (κ1) is 26.3. The molecule has 2 aromatic carbocycles. The van der Waals surface area contributed by atoms with Gasteiger partial charge < -0.3 is 19.9 Å². The summed E-state index contributed by atoms with van der Waals surface area (Å²) < 4.78 is 79.0. The lowest BCUT2D eigenvalue weighted by atomic mass is 9.72. The molecule has 1 unspecified atom stereocenters. The molecule has 1 aliphatic carbocycles. The molecule has 1 fully saturated rings. The SMILES string of the molecule is COc1cc(C2(c3cc(F)c(F)c(F)c3)CCc3c(N4CCC(F)(F)C4)nc(N)nc32)ccc1-n1cnc(Cl)c1. The monoisotopic (exact) mass is 576 g/mol. The van der Waals surface area contributed by atoms with E-state index in [0.29, 0.717) is 28.3 Å². The molecule has 40 heavy (non-hydrogen) atoms. The maximum atomic E-state index is 14.7. The van der Waals surface area contributed by atoms with Crippen LogP contribution in [0.15, 0.2) is 42.9 Å². The number of methoxy groups -OCH3 is 1. The van der Waals surface area contributed by atoms with E-state index in [0.717, 1.165) is 12.1 Å². The number of nitrogens with zero attached hydrogens (tertiary/aromatic N) is 5. The summed E-state index contributed by atoms with van der Waals surface area (Å²) in [4.78, 5) is 14.2. The average Bonchev–Trinajstić information content (AvgIpc) is 3.63. The molecule has 2 aliphatic rings. The molecule has 0 radical (unpaired) electrons. The Morgan fingerprint density at radius 2 is 1.77 bits per heavy atom. The van der Waals surface area contributed by atoms with E-state index in [4.69, 9.17) is 22.1 Å². The van der Waals surface area contributed by atoms with Crippen molar-refractivity contribution in [1.29, 1.82) is 0 Å². The summed E-state index contributed by atoms with van der Waals surface area (Å²) in [6.07, 6.45) is 3.24. The second-order valence-electron chi connectivity index (χ2n) is 9.91. The first-order valence-corrected chi connectivity index (χ1v) is 12.7. The fraction of sp³-hybridized carbons (Fsp3) is 0.296. The molecule has 0 amide bonds. The summed E-state index contributed by atoms with van der Waals surface area (Å²) in [6.45, 7) is -0.489. The molecule has 4 aromatic rings. The Hall–Kier alpha value is -3.93. The normalized spacial score (nSPS) is 19.7. The lowest BCUT2D eigenvalue weighted by molar-refractivity contribution is 0.0256. The van der Waals surface area contributed by atoms with E-state index in [9.17, 15) is 22.0 Å². The van der Waals surface area contributed by atoms with Gasteiger partial charge in [0, 0.05) is 24.7 Å². The van der Waals surface area contributed by atoms with Gasteiger partial charge in [-0.25, -0.2) is 31.9 Å². The number of halogens is 6. The largest absolute Gasteiger partial charge is 0.495 e. The van der Waals surface area contributed by atoms with Gasteiger partial charge >= 0.3 is 0 Å². The van der Waals surface area contributed by atoms with Gasteiger partial charge in [0.1, 0.15) is 23.0 Å². The van der Waals surface area contributed by atoms with Crippen LogP contribution in [0.4, 0.5) is 33.7 Å². The lowest BCUT2D eigenvalue weighted by Gasteiger charge is -2.32. The van der Waals surface area contributed by atoms with Crippen molar-refractivity contribution in [2.45, 2.75) is 30.6 Å². The number of benzene rings is 2. The predicted molar refractivity (Wildman–Crippen MR) is 138 cm³/mol. The highest BCUT2D eigenvalue weighted by Gasteiger charge is 2.48. The van der Waals surface area contributed by atoms with Crippen molar-refractivity contribution in [3.63, 3.8) is 0 Å². The van der Waals surface area contributed by atoms with Crippen molar-refractivity contribution < 1.29 is 26.7 Å². The zero-order valence-corrected chi connectivity index (χ0v) is 21.8. The molecular weight excluding hydrogens is 555 g/mol. The molecule has 7 nitrogen and oxygen atoms in total. The molecule has 2 aromatic heterocycles. The fourth-order valence-corrected chi connectivity index (χ4v) is 5.95. The number of imidazole rings is 1. The fourth-order valence-electron chi connectivity index (χ4n) is 5.80. The molecule has 1 aliphatic heterocycles. The second-order valence-corrected chi connectivity index (χ2v) is 10.3. The van der Waals surface area contributed by atoms with Gasteiger partial charge in [0.05, 0.1) is 30.5 Å². The van der Waals surface area contributed by atoms with E-state index in [2.05, 4.69) is 15.0 Å². The molecule has 208 valence electrons. The first-order chi connectivity index (χ1) is 19.0. The number of hydrogen-bond donors (Lipinski definition) is 1. The molecule has 1 saturated heterocycles. The van der Waals surface area contributed by atoms with E-state index in [1.54, 1.807) is 29.0 Å². The highest BCUT2D eigenvalue weighted by molar-refractivity contribution is 6.29. The first-order valence-electron chi connectivity index (χ1n) is 12.4. The second kappa shape index (κ2) is 9.33. The van der Waals surface area contributed by atoms with Gasteiger partial charge in [0.25, 0.3) is 5.92 Å². The van der Waals surface area contributed by atoms with Crippen molar-refractivity contribution in [3.8, 4) is 11.4 Å². The van der Waals surface area contributed by atoms with E-state index < -0.39 is 35.3 Å². The molecule has 0 spiro atoms. The van der Waals surface area contributed by atoms with Gasteiger partial charge in [-0.05, 0) is 48.2 Å². The van der Waals surface area contributed by atoms with Crippen molar-refractivity contribution in [3.05, 3.63) is 87.8 Å². The van der Waals surface area contributed by atoms with Crippen LogP contribution in [0.2, 0.25) is 5.15 Å². The van der Waals surface area contributed by atoms with Gasteiger partial charge in [0.15, 0.2) is 17.5 Å². The smallest absolute Gasteiger partial charge is 0.266 e. The molecule has 0 saturated carbocycles. The van der Waals surface area contributed by atoms with Crippen molar-refractivity contribution in [1.82, 2.24) is 19.5 Å². The topological polar surface area (TPSA) is 82.1 Å². The Kier molecular flexibility index (Phi) is 6.13. The van der Waals surface area contributed by atoms with Crippen molar-refractivity contribution in [2.75, 3.05) is 30.8 Å². The van der Waals surface area contributed by atoms with E-state index in [1.807, 2.05) is 0 Å². The molecule has 6 rings (SSSR count). The molecule has 13 heteroatoms. The highest BCUT2D eigenvalue weighted by Crippen LogP contribution is 2.52. The van der Waals surface area contributed by atoms with Crippen LogP contribution in [0.5, 0.6) is 5.75 Å². The zero-order valence-electron chi connectivity index (χ0n) is 21.1. The zero-order chi connectivity index (χ0) is 28.4. The summed E-state index contributed by atoms with van der Waals surface area (Å²) >= 11 is 5.99. The summed E-state index contributed by atoms with van der Waals surface area (Å²) in [6, 6.07) is 6.97. The lowest BCUT2D eigenvalue weighted by Crippen LogP contribution is -2.30. The average molecular weight is 577 g/mol. The number of rotatable bonds is 5. The number of nitrogens with two attached hydrogens (primary N) is 1. The Bertz CT molecular complexity index is 1620. The third-order valence-electron chi connectivity index (χ3n) is 7.60. The van der Waals surface area contributed by atoms with Crippen LogP contribution in [0, 0.1) is 17.5 Å². The number of hydrogen-bond acceptors (Lipinski definition) is 6. The molecule has 3 heterocycles. The Balaban J connectivity index is 1.60. The van der Waals surface area contributed by atoms with Crippen LogP contribution in [0.3, 0.4) is 0 Å². The van der Waals surface area contributed by atoms with Gasteiger partial charge in [-0.15, -0.1) is 0 Å². The van der Waals surface area contributed by atoms with E-state index in [1.165, 1.54) is 18.3 Å².